The summed E-state index contributed by atoms with van der Waals surface area (Å²) in [6, 6.07) is 19.9. The first kappa shape index (κ1) is 26.9. The Morgan fingerprint density at radius 3 is 2.23 bits per heavy atom. The van der Waals surface area contributed by atoms with Gasteiger partial charge in [-0.05, 0) is 58.7 Å². The van der Waals surface area contributed by atoms with Crippen LogP contribution in [0.25, 0.3) is 11.1 Å². The average molecular weight is 497 g/mol. The second-order valence-corrected chi connectivity index (χ2v) is 10.1. The van der Waals surface area contributed by atoms with Crippen molar-refractivity contribution in [2.75, 3.05) is 6.54 Å². The molecule has 0 aliphatic heterocycles. The van der Waals surface area contributed by atoms with E-state index in [4.69, 9.17) is 12.6 Å². The molecule has 3 rings (SSSR count). The molecule has 2 atom stereocenters. The highest BCUT2D eigenvalue weighted by Gasteiger charge is 2.20. The van der Waals surface area contributed by atoms with Crippen LogP contribution >= 0.6 is 12.6 Å². The van der Waals surface area contributed by atoms with Gasteiger partial charge in [-0.3, -0.25) is 4.79 Å². The third-order valence-corrected chi connectivity index (χ3v) is 6.34. The molecule has 3 aromatic rings. The number of amides is 1. The van der Waals surface area contributed by atoms with Gasteiger partial charge in [-0.1, -0.05) is 62.4 Å². The maximum atomic E-state index is 13.7. The number of thiol groups is 1. The predicted molar refractivity (Wildman–Crippen MR) is 143 cm³/mol. The quantitative estimate of drug-likeness (QED) is 0.287. The SMILES string of the molecule is CC(=O)N[C@@H](Cc1cc(F)cc(F)c1)C(S)CNCc1cc(CC(C)C)ccc1-c1ccccc1. The molecule has 1 amide bonds. The summed E-state index contributed by atoms with van der Waals surface area (Å²) in [5.74, 6) is -0.916. The summed E-state index contributed by atoms with van der Waals surface area (Å²) in [4.78, 5) is 11.8. The Hall–Kier alpha value is -2.70. The number of carbonyl (C=O) groups is 1. The van der Waals surface area contributed by atoms with Crippen molar-refractivity contribution in [2.45, 2.75) is 51.4 Å². The molecule has 1 unspecified atom stereocenters. The molecule has 0 aromatic heterocycles. The van der Waals surface area contributed by atoms with Gasteiger partial charge in [0.25, 0.3) is 0 Å². The Kier molecular flexibility index (Phi) is 9.87. The van der Waals surface area contributed by atoms with Crippen LogP contribution in [0.3, 0.4) is 0 Å². The van der Waals surface area contributed by atoms with Crippen molar-refractivity contribution in [3.8, 4) is 11.1 Å². The predicted octanol–water partition coefficient (Wildman–Crippen LogP) is 5.97. The molecule has 0 spiro atoms. The van der Waals surface area contributed by atoms with Crippen molar-refractivity contribution >= 4 is 18.5 Å². The summed E-state index contributed by atoms with van der Waals surface area (Å²) < 4.78 is 27.3. The normalized spacial score (nSPS) is 13.0. The number of halogens is 2. The van der Waals surface area contributed by atoms with Crippen LogP contribution in [0, 0.1) is 17.6 Å². The molecule has 3 aromatic carbocycles. The van der Waals surface area contributed by atoms with Crippen LogP contribution in [0.1, 0.15) is 37.5 Å². The Balaban J connectivity index is 1.73. The van der Waals surface area contributed by atoms with Crippen molar-refractivity contribution < 1.29 is 13.6 Å². The fraction of sp³-hybridized carbons (Fsp3) is 0.345. The van der Waals surface area contributed by atoms with Crippen LogP contribution in [0.2, 0.25) is 0 Å². The first-order valence-corrected chi connectivity index (χ1v) is 12.5. The van der Waals surface area contributed by atoms with Crippen LogP contribution in [-0.2, 0) is 24.2 Å². The number of hydrogen-bond acceptors (Lipinski definition) is 3. The van der Waals surface area contributed by atoms with Crippen molar-refractivity contribution in [3.05, 3.63) is 95.1 Å². The first-order valence-electron chi connectivity index (χ1n) is 12.0. The molecule has 0 aliphatic rings. The maximum Gasteiger partial charge on any atom is 0.217 e. The molecule has 0 radical (unpaired) electrons. The minimum Gasteiger partial charge on any atom is -0.352 e. The van der Waals surface area contributed by atoms with E-state index in [0.717, 1.165) is 18.1 Å². The molecule has 35 heavy (non-hydrogen) atoms. The van der Waals surface area contributed by atoms with Crippen LogP contribution in [0.15, 0.2) is 66.7 Å². The van der Waals surface area contributed by atoms with Crippen molar-refractivity contribution in [2.24, 2.45) is 5.92 Å². The summed E-state index contributed by atoms with van der Waals surface area (Å²) >= 11 is 4.72. The molecular weight excluding hydrogens is 462 g/mol. The molecule has 0 saturated heterocycles. The number of carbonyl (C=O) groups excluding carboxylic acids is 1. The highest BCUT2D eigenvalue weighted by atomic mass is 32.1. The van der Waals surface area contributed by atoms with Crippen molar-refractivity contribution in [1.29, 1.82) is 0 Å². The second-order valence-electron chi connectivity index (χ2n) is 9.44. The fourth-order valence-electron chi connectivity index (χ4n) is 4.32. The summed E-state index contributed by atoms with van der Waals surface area (Å²) in [7, 11) is 0. The van der Waals surface area contributed by atoms with Crippen LogP contribution in [0.4, 0.5) is 8.78 Å². The lowest BCUT2D eigenvalue weighted by Crippen LogP contribution is -2.45. The second kappa shape index (κ2) is 12.8. The highest BCUT2D eigenvalue weighted by molar-refractivity contribution is 7.81. The first-order chi connectivity index (χ1) is 16.7. The standard InChI is InChI=1S/C29H34F2N2OS/c1-19(2)11-21-9-10-27(23-7-5-4-6-8-23)24(12-21)17-32-18-29(35)28(33-20(3)34)15-22-13-25(30)16-26(31)14-22/h4-10,12-14,16,19,28-29,32,35H,11,15,17-18H2,1-3H3,(H,33,34)/t28-,29?/m0/s1. The molecule has 186 valence electrons. The average Bonchev–Trinajstić information content (AvgIpc) is 2.78. The fourth-order valence-corrected chi connectivity index (χ4v) is 4.62. The smallest absolute Gasteiger partial charge is 0.217 e. The van der Waals surface area contributed by atoms with Gasteiger partial charge in [-0.25, -0.2) is 8.78 Å². The molecule has 0 saturated carbocycles. The summed E-state index contributed by atoms with van der Waals surface area (Å²) in [5.41, 5.74) is 5.30. The molecule has 0 fully saturated rings. The Labute approximate surface area is 212 Å². The van der Waals surface area contributed by atoms with Crippen molar-refractivity contribution in [3.63, 3.8) is 0 Å². The van der Waals surface area contributed by atoms with E-state index in [1.165, 1.54) is 35.7 Å². The van der Waals surface area contributed by atoms with Gasteiger partial charge >= 0.3 is 0 Å². The third-order valence-electron chi connectivity index (χ3n) is 5.80. The molecular formula is C29H34F2N2OS. The lowest BCUT2D eigenvalue weighted by molar-refractivity contribution is -0.119. The van der Waals surface area contributed by atoms with E-state index in [-0.39, 0.29) is 23.6 Å². The minimum atomic E-state index is -0.634. The zero-order valence-corrected chi connectivity index (χ0v) is 21.4. The van der Waals surface area contributed by atoms with E-state index in [1.807, 2.05) is 18.2 Å². The van der Waals surface area contributed by atoms with E-state index >= 15 is 0 Å². The summed E-state index contributed by atoms with van der Waals surface area (Å²) in [5, 5.41) is 6.10. The van der Waals surface area contributed by atoms with Gasteiger partial charge in [-0.15, -0.1) is 0 Å². The highest BCUT2D eigenvalue weighted by Crippen LogP contribution is 2.26. The van der Waals surface area contributed by atoms with Gasteiger partial charge in [0.15, 0.2) is 0 Å². The van der Waals surface area contributed by atoms with Gasteiger partial charge in [0.2, 0.25) is 5.91 Å². The van der Waals surface area contributed by atoms with Gasteiger partial charge in [-0.2, -0.15) is 12.6 Å². The molecule has 0 aliphatic carbocycles. The topological polar surface area (TPSA) is 41.1 Å². The Morgan fingerprint density at radius 2 is 1.60 bits per heavy atom. The van der Waals surface area contributed by atoms with E-state index in [0.29, 0.717) is 24.6 Å². The largest absolute Gasteiger partial charge is 0.352 e. The summed E-state index contributed by atoms with van der Waals surface area (Å²) in [6.45, 7) is 6.99. The molecule has 0 bridgehead atoms. The molecule has 2 N–H and O–H groups in total. The van der Waals surface area contributed by atoms with Crippen LogP contribution in [0.5, 0.6) is 0 Å². The van der Waals surface area contributed by atoms with E-state index in [2.05, 4.69) is 54.8 Å². The molecule has 3 nitrogen and oxygen atoms in total. The van der Waals surface area contributed by atoms with E-state index in [9.17, 15) is 13.6 Å². The Morgan fingerprint density at radius 1 is 0.914 bits per heavy atom. The number of hydrogen-bond donors (Lipinski definition) is 3. The van der Waals surface area contributed by atoms with Gasteiger partial charge in [0.05, 0.1) is 0 Å². The summed E-state index contributed by atoms with van der Waals surface area (Å²) in [6.07, 6.45) is 1.29. The minimum absolute atomic E-state index is 0.210. The van der Waals surface area contributed by atoms with E-state index < -0.39 is 11.6 Å². The third kappa shape index (κ3) is 8.48. The monoisotopic (exact) mass is 496 g/mol. The zero-order valence-electron chi connectivity index (χ0n) is 20.5. The maximum absolute atomic E-state index is 13.7. The number of benzene rings is 3. The number of rotatable bonds is 11. The van der Waals surface area contributed by atoms with Crippen LogP contribution < -0.4 is 10.6 Å². The van der Waals surface area contributed by atoms with Gasteiger partial charge in [0, 0.05) is 37.4 Å². The number of nitrogens with one attached hydrogen (secondary N) is 2. The molecule has 0 heterocycles. The lowest BCUT2D eigenvalue weighted by atomic mass is 9.94. The lowest BCUT2D eigenvalue weighted by Gasteiger charge is -2.25. The Bertz CT molecular complexity index is 1100. The van der Waals surface area contributed by atoms with Crippen LogP contribution in [-0.4, -0.2) is 23.7 Å². The zero-order chi connectivity index (χ0) is 25.4. The van der Waals surface area contributed by atoms with E-state index in [1.54, 1.807) is 0 Å². The van der Waals surface area contributed by atoms with Gasteiger partial charge < -0.3 is 10.6 Å². The molecule has 6 heteroatoms. The van der Waals surface area contributed by atoms with Crippen molar-refractivity contribution in [1.82, 2.24) is 10.6 Å². The van der Waals surface area contributed by atoms with Gasteiger partial charge in [0.1, 0.15) is 11.6 Å².